The predicted octanol–water partition coefficient (Wildman–Crippen LogP) is 1.88. The summed E-state index contributed by atoms with van der Waals surface area (Å²) >= 11 is 0. The van der Waals surface area contributed by atoms with E-state index in [1.165, 1.54) is 7.11 Å². The summed E-state index contributed by atoms with van der Waals surface area (Å²) in [5, 5.41) is 2.06. The van der Waals surface area contributed by atoms with Crippen LogP contribution < -0.4 is 4.74 Å². The maximum Gasteiger partial charge on any atom is 0.295 e. The molecule has 0 bridgehead atoms. The molecule has 1 amide bonds. The van der Waals surface area contributed by atoms with Crippen molar-refractivity contribution in [1.82, 2.24) is 10.0 Å². The van der Waals surface area contributed by atoms with Gasteiger partial charge in [0.2, 0.25) is 0 Å². The molecule has 94 valence electrons. The van der Waals surface area contributed by atoms with Gasteiger partial charge in [0.05, 0.1) is 19.7 Å². The second kappa shape index (κ2) is 5.01. The van der Waals surface area contributed by atoms with Crippen molar-refractivity contribution in [3.05, 3.63) is 36.0 Å². The number of fused-ring (bicyclic) bond motifs is 1. The molecule has 0 aliphatic rings. The maximum absolute atomic E-state index is 11.9. The average molecular weight is 246 g/mol. The Morgan fingerprint density at radius 3 is 2.67 bits per heavy atom. The smallest absolute Gasteiger partial charge is 0.295 e. The van der Waals surface area contributed by atoms with Crippen LogP contribution in [0, 0.1) is 0 Å². The first kappa shape index (κ1) is 12.3. The Bertz CT molecular complexity index is 583. The highest BCUT2D eigenvalue weighted by Crippen LogP contribution is 2.19. The van der Waals surface area contributed by atoms with E-state index in [-0.39, 0.29) is 5.91 Å². The summed E-state index contributed by atoms with van der Waals surface area (Å²) in [6, 6.07) is 9.00. The van der Waals surface area contributed by atoms with Crippen LogP contribution in [0.4, 0.5) is 0 Å². The number of hydroxylamine groups is 2. The van der Waals surface area contributed by atoms with Gasteiger partial charge in [-0.15, -0.1) is 0 Å². The van der Waals surface area contributed by atoms with Crippen LogP contribution in [0.2, 0.25) is 0 Å². The number of carbonyl (C=O) groups excluding carboxylic acids is 1. The first-order valence-electron chi connectivity index (χ1n) is 5.42. The minimum absolute atomic E-state index is 0.282. The zero-order valence-corrected chi connectivity index (χ0v) is 10.5. The second-order valence-electron chi connectivity index (χ2n) is 3.74. The fourth-order valence-corrected chi connectivity index (χ4v) is 1.59. The summed E-state index contributed by atoms with van der Waals surface area (Å²) in [7, 11) is 4.59. The van der Waals surface area contributed by atoms with Gasteiger partial charge in [0, 0.05) is 12.4 Å². The highest BCUT2D eigenvalue weighted by atomic mass is 16.7. The Morgan fingerprint density at radius 2 is 2.00 bits per heavy atom. The van der Waals surface area contributed by atoms with E-state index in [0.717, 1.165) is 21.7 Å². The van der Waals surface area contributed by atoms with Gasteiger partial charge in [0.1, 0.15) is 11.4 Å². The lowest BCUT2D eigenvalue weighted by atomic mass is 10.2. The molecule has 2 aromatic rings. The molecule has 0 atom stereocenters. The molecule has 2 rings (SSSR count). The Labute approximate surface area is 105 Å². The molecule has 0 saturated carbocycles. The molecule has 5 nitrogen and oxygen atoms in total. The molecule has 1 aromatic carbocycles. The highest BCUT2D eigenvalue weighted by molar-refractivity contribution is 5.94. The summed E-state index contributed by atoms with van der Waals surface area (Å²) < 4.78 is 5.13. The molecule has 0 saturated heterocycles. The number of nitrogens with zero attached hydrogens (tertiary/aromatic N) is 2. The Morgan fingerprint density at radius 1 is 1.22 bits per heavy atom. The fraction of sp³-hybridized carbons (Fsp3) is 0.231. The second-order valence-corrected chi connectivity index (χ2v) is 3.74. The van der Waals surface area contributed by atoms with Gasteiger partial charge in [-0.2, -0.15) is 0 Å². The lowest BCUT2D eigenvalue weighted by Crippen LogP contribution is -2.26. The van der Waals surface area contributed by atoms with Crippen LogP contribution in [0.1, 0.15) is 10.5 Å². The molecule has 1 heterocycles. The molecule has 0 fully saturated rings. The van der Waals surface area contributed by atoms with E-state index >= 15 is 0 Å². The quantitative estimate of drug-likeness (QED) is 0.776. The molecule has 0 aliphatic heterocycles. The number of benzene rings is 1. The third kappa shape index (κ3) is 2.26. The zero-order valence-electron chi connectivity index (χ0n) is 10.5. The Balaban J connectivity index is 2.42. The molecular formula is C13H14N2O3. The standard InChI is InChI=1S/C13H14N2O3/c1-15(18-3)13(16)12-6-4-9-8-10(17-2)5-7-11(9)14-12/h4-8H,1-3H3. The first-order chi connectivity index (χ1) is 8.65. The van der Waals surface area contributed by atoms with E-state index in [4.69, 9.17) is 9.57 Å². The molecule has 18 heavy (non-hydrogen) atoms. The van der Waals surface area contributed by atoms with Crippen molar-refractivity contribution >= 4 is 16.8 Å². The third-order valence-corrected chi connectivity index (χ3v) is 2.68. The van der Waals surface area contributed by atoms with E-state index in [9.17, 15) is 4.79 Å². The molecular weight excluding hydrogens is 232 g/mol. The van der Waals surface area contributed by atoms with Gasteiger partial charge < -0.3 is 4.74 Å². The lowest BCUT2D eigenvalue weighted by Gasteiger charge is -2.13. The van der Waals surface area contributed by atoms with E-state index < -0.39 is 0 Å². The minimum atomic E-state index is -0.282. The number of rotatable bonds is 3. The normalized spacial score (nSPS) is 10.4. The number of hydrogen-bond acceptors (Lipinski definition) is 4. The number of aromatic nitrogens is 1. The first-order valence-corrected chi connectivity index (χ1v) is 5.42. The highest BCUT2D eigenvalue weighted by Gasteiger charge is 2.13. The van der Waals surface area contributed by atoms with Crippen LogP contribution in [0.15, 0.2) is 30.3 Å². The van der Waals surface area contributed by atoms with Crippen molar-refractivity contribution in [1.29, 1.82) is 0 Å². The van der Waals surface area contributed by atoms with E-state index in [2.05, 4.69) is 4.98 Å². The van der Waals surface area contributed by atoms with Gasteiger partial charge in [0.15, 0.2) is 0 Å². The van der Waals surface area contributed by atoms with Gasteiger partial charge >= 0.3 is 0 Å². The lowest BCUT2D eigenvalue weighted by molar-refractivity contribution is -0.0760. The summed E-state index contributed by atoms with van der Waals surface area (Å²) in [4.78, 5) is 21.0. The van der Waals surface area contributed by atoms with Crippen molar-refractivity contribution < 1.29 is 14.4 Å². The zero-order chi connectivity index (χ0) is 13.1. The van der Waals surface area contributed by atoms with Crippen LogP contribution in [0.3, 0.4) is 0 Å². The van der Waals surface area contributed by atoms with Crippen molar-refractivity contribution in [2.75, 3.05) is 21.3 Å². The van der Waals surface area contributed by atoms with Gasteiger partial charge in [-0.1, -0.05) is 6.07 Å². The average Bonchev–Trinajstić information content (AvgIpc) is 2.44. The predicted molar refractivity (Wildman–Crippen MR) is 67.4 cm³/mol. The minimum Gasteiger partial charge on any atom is -0.497 e. The number of carbonyl (C=O) groups is 1. The summed E-state index contributed by atoms with van der Waals surface area (Å²) in [5.41, 5.74) is 1.09. The molecule has 5 heteroatoms. The topological polar surface area (TPSA) is 51.7 Å². The molecule has 1 aromatic heterocycles. The monoisotopic (exact) mass is 246 g/mol. The van der Waals surface area contributed by atoms with Gasteiger partial charge in [0.25, 0.3) is 5.91 Å². The van der Waals surface area contributed by atoms with Gasteiger partial charge in [-0.3, -0.25) is 9.63 Å². The van der Waals surface area contributed by atoms with Crippen molar-refractivity contribution in [2.45, 2.75) is 0 Å². The largest absolute Gasteiger partial charge is 0.497 e. The summed E-state index contributed by atoms with van der Waals surface area (Å²) in [6.07, 6.45) is 0. The van der Waals surface area contributed by atoms with Crippen LogP contribution in [-0.2, 0) is 4.84 Å². The number of hydrogen-bond donors (Lipinski definition) is 0. The summed E-state index contributed by atoms with van der Waals surface area (Å²) in [5.74, 6) is 0.479. The molecule has 0 aliphatic carbocycles. The van der Waals surface area contributed by atoms with Crippen LogP contribution in [0.5, 0.6) is 5.75 Å². The van der Waals surface area contributed by atoms with Crippen molar-refractivity contribution in [3.8, 4) is 5.75 Å². The molecule has 0 spiro atoms. The van der Waals surface area contributed by atoms with Crippen LogP contribution in [0.25, 0.3) is 10.9 Å². The van der Waals surface area contributed by atoms with Gasteiger partial charge in [-0.05, 0) is 24.3 Å². The summed E-state index contributed by atoms with van der Waals surface area (Å²) in [6.45, 7) is 0. The third-order valence-electron chi connectivity index (χ3n) is 2.68. The van der Waals surface area contributed by atoms with E-state index in [1.807, 2.05) is 24.3 Å². The SMILES string of the molecule is COc1ccc2nc(C(=O)N(C)OC)ccc2c1. The van der Waals surface area contributed by atoms with E-state index in [0.29, 0.717) is 5.69 Å². The molecule has 0 unspecified atom stereocenters. The number of pyridine rings is 1. The van der Waals surface area contributed by atoms with Gasteiger partial charge in [-0.25, -0.2) is 10.0 Å². The number of methoxy groups -OCH3 is 1. The molecule has 0 N–H and O–H groups in total. The fourth-order valence-electron chi connectivity index (χ4n) is 1.59. The van der Waals surface area contributed by atoms with Crippen molar-refractivity contribution in [3.63, 3.8) is 0 Å². The van der Waals surface area contributed by atoms with Crippen LogP contribution in [-0.4, -0.2) is 37.2 Å². The van der Waals surface area contributed by atoms with Crippen molar-refractivity contribution in [2.24, 2.45) is 0 Å². The Hall–Kier alpha value is -2.14. The van der Waals surface area contributed by atoms with Crippen LogP contribution >= 0.6 is 0 Å². The number of ether oxygens (including phenoxy) is 1. The maximum atomic E-state index is 11.9. The number of amides is 1. The molecule has 0 radical (unpaired) electrons. The Kier molecular flexibility index (Phi) is 3.43. The van der Waals surface area contributed by atoms with E-state index in [1.54, 1.807) is 20.2 Å².